The summed E-state index contributed by atoms with van der Waals surface area (Å²) < 4.78 is 0. The van der Waals surface area contributed by atoms with Crippen LogP contribution in [-0.2, 0) is 6.42 Å². The van der Waals surface area contributed by atoms with Gasteiger partial charge in [0.15, 0.2) is 0 Å². The highest BCUT2D eigenvalue weighted by atomic mass is 16.3. The van der Waals surface area contributed by atoms with E-state index in [0.29, 0.717) is 0 Å². The van der Waals surface area contributed by atoms with Gasteiger partial charge in [-0.2, -0.15) is 0 Å². The van der Waals surface area contributed by atoms with Crippen LogP contribution >= 0.6 is 0 Å². The van der Waals surface area contributed by atoms with Gasteiger partial charge < -0.3 is 15.4 Å². The van der Waals surface area contributed by atoms with E-state index < -0.39 is 0 Å². The highest BCUT2D eigenvalue weighted by Gasteiger charge is 2.09. The molecule has 1 aromatic rings. The molecule has 0 amide bonds. The molecule has 21 heavy (non-hydrogen) atoms. The third-order valence-electron chi connectivity index (χ3n) is 3.92. The maximum atomic E-state index is 9.06. The van der Waals surface area contributed by atoms with Crippen molar-refractivity contribution >= 4 is 11.4 Å². The SMILES string of the molecule is CCc1cc(N(CC)CCN(CC)CCO)ccc1NN. The molecule has 1 rings (SSSR count). The Morgan fingerprint density at radius 3 is 2.38 bits per heavy atom. The number of rotatable bonds is 10. The molecule has 0 aliphatic heterocycles. The van der Waals surface area contributed by atoms with Crippen LogP contribution in [0.25, 0.3) is 0 Å². The largest absolute Gasteiger partial charge is 0.395 e. The quantitative estimate of drug-likeness (QED) is 0.452. The monoisotopic (exact) mass is 294 g/mol. The molecule has 0 aromatic heterocycles. The second-order valence-electron chi connectivity index (χ2n) is 5.08. The van der Waals surface area contributed by atoms with Crippen molar-refractivity contribution in [2.24, 2.45) is 5.84 Å². The summed E-state index contributed by atoms with van der Waals surface area (Å²) in [6.45, 7) is 11.2. The van der Waals surface area contributed by atoms with E-state index in [0.717, 1.165) is 44.8 Å². The van der Waals surface area contributed by atoms with Crippen LogP contribution in [0, 0.1) is 0 Å². The van der Waals surface area contributed by atoms with Crippen molar-refractivity contribution in [3.8, 4) is 0 Å². The summed E-state index contributed by atoms with van der Waals surface area (Å²) in [5.41, 5.74) is 6.21. The second kappa shape index (κ2) is 9.60. The first-order valence-electron chi connectivity index (χ1n) is 7.87. The number of nitrogen functional groups attached to an aromatic ring is 1. The first-order chi connectivity index (χ1) is 10.2. The predicted octanol–water partition coefficient (Wildman–Crippen LogP) is 1.68. The van der Waals surface area contributed by atoms with Gasteiger partial charge in [-0.25, -0.2) is 0 Å². The minimum Gasteiger partial charge on any atom is -0.395 e. The number of hydrazine groups is 1. The van der Waals surface area contributed by atoms with E-state index in [1.54, 1.807) is 0 Å². The predicted molar refractivity (Wildman–Crippen MR) is 90.7 cm³/mol. The fourth-order valence-electron chi connectivity index (χ4n) is 2.51. The highest BCUT2D eigenvalue weighted by Crippen LogP contribution is 2.23. The van der Waals surface area contributed by atoms with E-state index >= 15 is 0 Å². The maximum absolute atomic E-state index is 9.06. The summed E-state index contributed by atoms with van der Waals surface area (Å²) in [6.07, 6.45) is 0.955. The summed E-state index contributed by atoms with van der Waals surface area (Å²) in [6, 6.07) is 6.36. The topological polar surface area (TPSA) is 64.8 Å². The second-order valence-corrected chi connectivity index (χ2v) is 5.08. The Morgan fingerprint density at radius 2 is 1.86 bits per heavy atom. The number of nitrogens with one attached hydrogen (secondary N) is 1. The van der Waals surface area contributed by atoms with Gasteiger partial charge in [-0.05, 0) is 43.7 Å². The van der Waals surface area contributed by atoms with Crippen molar-refractivity contribution in [1.29, 1.82) is 0 Å². The van der Waals surface area contributed by atoms with Gasteiger partial charge in [0.1, 0.15) is 0 Å². The van der Waals surface area contributed by atoms with E-state index in [-0.39, 0.29) is 6.61 Å². The summed E-state index contributed by atoms with van der Waals surface area (Å²) >= 11 is 0. The summed E-state index contributed by atoms with van der Waals surface area (Å²) in [7, 11) is 0. The third-order valence-corrected chi connectivity index (χ3v) is 3.92. The first-order valence-corrected chi connectivity index (χ1v) is 7.87. The smallest absolute Gasteiger partial charge is 0.0558 e. The van der Waals surface area contributed by atoms with Gasteiger partial charge in [0.05, 0.1) is 12.3 Å². The summed E-state index contributed by atoms with van der Waals surface area (Å²) in [5, 5.41) is 9.06. The molecule has 0 heterocycles. The van der Waals surface area contributed by atoms with E-state index in [4.69, 9.17) is 10.9 Å². The number of aliphatic hydroxyl groups excluding tert-OH is 1. The normalized spacial score (nSPS) is 11.0. The van der Waals surface area contributed by atoms with Crippen molar-refractivity contribution in [2.45, 2.75) is 27.2 Å². The Kier molecular flexibility index (Phi) is 8.12. The fraction of sp³-hybridized carbons (Fsp3) is 0.625. The Hall–Kier alpha value is -1.30. The van der Waals surface area contributed by atoms with Gasteiger partial charge in [0.25, 0.3) is 0 Å². The molecule has 0 fully saturated rings. The van der Waals surface area contributed by atoms with Crippen LogP contribution in [-0.4, -0.2) is 49.3 Å². The number of likely N-dealkylation sites (N-methyl/N-ethyl adjacent to an activating group) is 2. The molecule has 0 bridgehead atoms. The zero-order chi connectivity index (χ0) is 15.7. The minimum absolute atomic E-state index is 0.219. The van der Waals surface area contributed by atoms with Gasteiger partial charge in [-0.1, -0.05) is 13.8 Å². The van der Waals surface area contributed by atoms with Crippen molar-refractivity contribution in [3.05, 3.63) is 23.8 Å². The Morgan fingerprint density at radius 1 is 1.10 bits per heavy atom. The van der Waals surface area contributed by atoms with Crippen LogP contribution in [0.5, 0.6) is 0 Å². The van der Waals surface area contributed by atoms with E-state index in [1.165, 1.54) is 11.3 Å². The van der Waals surface area contributed by atoms with Gasteiger partial charge in [0, 0.05) is 31.9 Å². The Bertz CT molecular complexity index is 411. The number of hydrogen-bond donors (Lipinski definition) is 3. The molecule has 4 N–H and O–H groups in total. The molecule has 0 aliphatic carbocycles. The molecule has 0 unspecified atom stereocenters. The van der Waals surface area contributed by atoms with E-state index in [1.807, 2.05) is 6.07 Å². The molecular formula is C16H30N4O. The standard InChI is InChI=1S/C16H30N4O/c1-4-14-13-15(7-8-16(14)18-17)20(6-3)10-9-19(5-2)11-12-21/h7-8,13,18,21H,4-6,9-12,17H2,1-3H3. The number of anilines is 2. The zero-order valence-corrected chi connectivity index (χ0v) is 13.6. The van der Waals surface area contributed by atoms with Crippen molar-refractivity contribution < 1.29 is 5.11 Å². The van der Waals surface area contributed by atoms with Crippen LogP contribution in [0.3, 0.4) is 0 Å². The lowest BCUT2D eigenvalue weighted by Gasteiger charge is -2.28. The molecule has 5 heteroatoms. The fourth-order valence-corrected chi connectivity index (χ4v) is 2.51. The lowest BCUT2D eigenvalue weighted by atomic mass is 10.1. The lowest BCUT2D eigenvalue weighted by Crippen LogP contribution is -2.36. The molecule has 0 saturated carbocycles. The van der Waals surface area contributed by atoms with Crippen LogP contribution in [0.2, 0.25) is 0 Å². The average Bonchev–Trinajstić information content (AvgIpc) is 2.53. The Balaban J connectivity index is 2.75. The Labute approximate surface area is 128 Å². The summed E-state index contributed by atoms with van der Waals surface area (Å²) in [4.78, 5) is 4.62. The minimum atomic E-state index is 0.219. The molecule has 0 spiro atoms. The number of benzene rings is 1. The number of aliphatic hydroxyl groups is 1. The van der Waals surface area contributed by atoms with Crippen LogP contribution < -0.4 is 16.2 Å². The molecule has 5 nitrogen and oxygen atoms in total. The van der Waals surface area contributed by atoms with Gasteiger partial charge >= 0.3 is 0 Å². The number of aryl methyl sites for hydroxylation is 1. The molecule has 0 saturated heterocycles. The molecule has 1 aromatic carbocycles. The number of nitrogens with two attached hydrogens (primary N) is 1. The highest BCUT2D eigenvalue weighted by molar-refractivity contribution is 5.60. The average molecular weight is 294 g/mol. The van der Waals surface area contributed by atoms with E-state index in [9.17, 15) is 0 Å². The maximum Gasteiger partial charge on any atom is 0.0558 e. The van der Waals surface area contributed by atoms with Crippen LogP contribution in [0.4, 0.5) is 11.4 Å². The van der Waals surface area contributed by atoms with Crippen LogP contribution in [0.1, 0.15) is 26.3 Å². The first kappa shape index (κ1) is 17.8. The molecule has 0 atom stereocenters. The lowest BCUT2D eigenvalue weighted by molar-refractivity contribution is 0.204. The van der Waals surface area contributed by atoms with Gasteiger partial charge in [-0.3, -0.25) is 10.7 Å². The van der Waals surface area contributed by atoms with Crippen LogP contribution in [0.15, 0.2) is 18.2 Å². The van der Waals surface area contributed by atoms with Crippen molar-refractivity contribution in [1.82, 2.24) is 4.90 Å². The van der Waals surface area contributed by atoms with E-state index in [2.05, 4.69) is 48.1 Å². The number of hydrogen-bond acceptors (Lipinski definition) is 5. The van der Waals surface area contributed by atoms with Crippen molar-refractivity contribution in [3.63, 3.8) is 0 Å². The summed E-state index contributed by atoms with van der Waals surface area (Å²) in [5.74, 6) is 5.54. The number of nitrogens with zero attached hydrogens (tertiary/aromatic N) is 2. The van der Waals surface area contributed by atoms with Gasteiger partial charge in [-0.15, -0.1) is 0 Å². The molecular weight excluding hydrogens is 264 g/mol. The van der Waals surface area contributed by atoms with Gasteiger partial charge in [0.2, 0.25) is 0 Å². The molecule has 120 valence electrons. The van der Waals surface area contributed by atoms with Crippen molar-refractivity contribution in [2.75, 3.05) is 49.7 Å². The molecule has 0 aliphatic rings. The third kappa shape index (κ3) is 5.19. The molecule has 0 radical (unpaired) electrons. The zero-order valence-electron chi connectivity index (χ0n) is 13.6.